The fourth-order valence-corrected chi connectivity index (χ4v) is 2.16. The molecule has 1 aliphatic heterocycles. The van der Waals surface area contributed by atoms with Crippen LogP contribution in [0.4, 0.5) is 10.5 Å². The Kier molecular flexibility index (Phi) is 3.76. The zero-order chi connectivity index (χ0) is 14.0. The van der Waals surface area contributed by atoms with Crippen LogP contribution in [-0.4, -0.2) is 29.7 Å². The summed E-state index contributed by atoms with van der Waals surface area (Å²) < 4.78 is 0. The summed E-state index contributed by atoms with van der Waals surface area (Å²) in [6.45, 7) is 3.57. The maximum atomic E-state index is 12.1. The number of hydrogen-bond donors (Lipinski definition) is 2. The molecule has 0 saturated heterocycles. The Morgan fingerprint density at radius 2 is 2.16 bits per heavy atom. The molecule has 2 N–H and O–H groups in total. The number of halogens is 1. The summed E-state index contributed by atoms with van der Waals surface area (Å²) in [5.74, 6) is -1.03. The minimum Gasteiger partial charge on any atom is -0.480 e. The molecule has 100 valence electrons. The maximum absolute atomic E-state index is 12.1. The zero-order valence-corrected chi connectivity index (χ0v) is 10.9. The van der Waals surface area contributed by atoms with Crippen molar-refractivity contribution < 1.29 is 14.7 Å². The highest BCUT2D eigenvalue weighted by molar-refractivity contribution is 6.29. The molecule has 1 heterocycles. The van der Waals surface area contributed by atoms with Crippen LogP contribution >= 0.6 is 11.6 Å². The van der Waals surface area contributed by atoms with E-state index in [9.17, 15) is 14.7 Å². The first-order valence-corrected chi connectivity index (χ1v) is 6.09. The van der Waals surface area contributed by atoms with E-state index in [1.165, 1.54) is 4.90 Å². The smallest absolute Gasteiger partial charge is 0.327 e. The normalized spacial score (nSPS) is 16.9. The molecule has 1 aromatic carbocycles. The first-order chi connectivity index (χ1) is 9.00. The summed E-state index contributed by atoms with van der Waals surface area (Å²) in [5, 5.41) is 12.0. The van der Waals surface area contributed by atoms with Crippen LogP contribution in [0.15, 0.2) is 35.9 Å². The van der Waals surface area contributed by atoms with Gasteiger partial charge in [-0.15, -0.1) is 0 Å². The van der Waals surface area contributed by atoms with Gasteiger partial charge in [-0.25, -0.2) is 9.59 Å². The number of hydrogen-bond acceptors (Lipinski definition) is 2. The Morgan fingerprint density at radius 3 is 2.79 bits per heavy atom. The second-order valence-corrected chi connectivity index (χ2v) is 4.77. The number of fused-ring (bicyclic) bond motifs is 1. The van der Waals surface area contributed by atoms with Crippen LogP contribution in [-0.2, 0) is 11.2 Å². The van der Waals surface area contributed by atoms with E-state index in [0.717, 1.165) is 5.56 Å². The highest BCUT2D eigenvalue weighted by Gasteiger charge is 2.38. The average molecular weight is 281 g/mol. The second-order valence-electron chi connectivity index (χ2n) is 4.23. The Bertz CT molecular complexity index is 544. The topological polar surface area (TPSA) is 69.6 Å². The minimum absolute atomic E-state index is 0.103. The van der Waals surface area contributed by atoms with Gasteiger partial charge in [0, 0.05) is 17.1 Å². The van der Waals surface area contributed by atoms with Crippen LogP contribution in [0.5, 0.6) is 0 Å². The van der Waals surface area contributed by atoms with E-state index < -0.39 is 18.0 Å². The monoisotopic (exact) mass is 280 g/mol. The van der Waals surface area contributed by atoms with Crippen molar-refractivity contribution in [3.8, 4) is 0 Å². The quantitative estimate of drug-likeness (QED) is 0.889. The number of carbonyl (C=O) groups is 2. The number of nitrogens with zero attached hydrogens (tertiary/aromatic N) is 1. The third-order valence-electron chi connectivity index (χ3n) is 2.91. The zero-order valence-electron chi connectivity index (χ0n) is 10.1. The van der Waals surface area contributed by atoms with Crippen molar-refractivity contribution in [2.75, 3.05) is 11.4 Å². The number of carboxylic acid groups (broad SMARTS) is 1. The Labute approximate surface area is 115 Å². The third-order valence-corrected chi connectivity index (χ3v) is 3.05. The molecule has 1 aromatic rings. The fraction of sp³-hybridized carbons (Fsp3) is 0.231. The number of carbonyl (C=O) groups excluding carboxylic acids is 1. The van der Waals surface area contributed by atoms with Gasteiger partial charge in [0.15, 0.2) is 0 Å². The lowest BCUT2D eigenvalue weighted by atomic mass is 10.1. The van der Waals surface area contributed by atoms with Gasteiger partial charge in [0.05, 0.1) is 6.54 Å². The summed E-state index contributed by atoms with van der Waals surface area (Å²) in [5.41, 5.74) is 1.46. The van der Waals surface area contributed by atoms with Gasteiger partial charge in [-0.05, 0) is 11.6 Å². The second kappa shape index (κ2) is 5.32. The summed E-state index contributed by atoms with van der Waals surface area (Å²) in [4.78, 5) is 24.6. The molecular weight excluding hydrogens is 268 g/mol. The van der Waals surface area contributed by atoms with Gasteiger partial charge in [0.2, 0.25) is 0 Å². The van der Waals surface area contributed by atoms with Crippen LogP contribution < -0.4 is 10.2 Å². The molecular formula is C13H13ClN2O3. The molecule has 1 aliphatic rings. The van der Waals surface area contributed by atoms with E-state index >= 15 is 0 Å². The number of urea groups is 1. The predicted molar refractivity (Wildman–Crippen MR) is 72.4 cm³/mol. The number of benzene rings is 1. The fourth-order valence-electron chi connectivity index (χ4n) is 2.09. The lowest BCUT2D eigenvalue weighted by molar-refractivity contribution is -0.138. The standard InChI is InChI=1S/C13H13ClN2O3/c1-8(14)7-15-13(19)16-10-5-3-2-4-9(10)6-11(16)12(17)18/h2-5,11H,1,6-7H2,(H,15,19)(H,17,18). The molecule has 0 spiro atoms. The summed E-state index contributed by atoms with van der Waals surface area (Å²) >= 11 is 5.58. The first kappa shape index (κ1) is 13.4. The van der Waals surface area contributed by atoms with Crippen molar-refractivity contribution in [2.45, 2.75) is 12.5 Å². The van der Waals surface area contributed by atoms with Crippen LogP contribution in [0.3, 0.4) is 0 Å². The molecule has 6 heteroatoms. The van der Waals surface area contributed by atoms with Crippen molar-refractivity contribution in [2.24, 2.45) is 0 Å². The van der Waals surface area contributed by atoms with Gasteiger partial charge in [-0.3, -0.25) is 4.90 Å². The molecule has 19 heavy (non-hydrogen) atoms. The Morgan fingerprint density at radius 1 is 1.47 bits per heavy atom. The molecule has 0 aromatic heterocycles. The molecule has 0 radical (unpaired) electrons. The molecule has 0 bridgehead atoms. The predicted octanol–water partition coefficient (Wildman–Crippen LogP) is 1.96. The van der Waals surface area contributed by atoms with Gasteiger partial charge in [0.1, 0.15) is 6.04 Å². The highest BCUT2D eigenvalue weighted by atomic mass is 35.5. The number of aliphatic carboxylic acids is 1. The number of amides is 2. The van der Waals surface area contributed by atoms with Crippen LogP contribution in [0.2, 0.25) is 0 Å². The molecule has 0 aliphatic carbocycles. The van der Waals surface area contributed by atoms with Crippen molar-refractivity contribution >= 4 is 29.3 Å². The minimum atomic E-state index is -1.03. The van der Waals surface area contributed by atoms with Crippen LogP contribution in [0, 0.1) is 0 Å². The molecule has 1 atom stereocenters. The summed E-state index contributed by atoms with van der Waals surface area (Å²) in [6.07, 6.45) is 0.306. The lowest BCUT2D eigenvalue weighted by Gasteiger charge is -2.22. The van der Waals surface area contributed by atoms with Crippen LogP contribution in [0.25, 0.3) is 0 Å². The number of carboxylic acids is 1. The van der Waals surface area contributed by atoms with E-state index in [-0.39, 0.29) is 11.6 Å². The van der Waals surface area contributed by atoms with Crippen molar-refractivity contribution in [1.29, 1.82) is 0 Å². The van der Waals surface area contributed by atoms with E-state index in [2.05, 4.69) is 11.9 Å². The summed E-state index contributed by atoms with van der Waals surface area (Å²) in [7, 11) is 0. The number of rotatable bonds is 3. The number of para-hydroxylation sites is 1. The molecule has 2 rings (SSSR count). The maximum Gasteiger partial charge on any atom is 0.327 e. The average Bonchev–Trinajstić information content (AvgIpc) is 2.75. The molecule has 2 amide bonds. The third kappa shape index (κ3) is 2.71. The SMILES string of the molecule is C=C(Cl)CNC(=O)N1c2ccccc2CC1C(=O)O. The van der Waals surface area contributed by atoms with Gasteiger partial charge in [0.25, 0.3) is 0 Å². The van der Waals surface area contributed by atoms with E-state index in [4.69, 9.17) is 11.6 Å². The molecule has 1 unspecified atom stereocenters. The lowest BCUT2D eigenvalue weighted by Crippen LogP contribution is -2.48. The van der Waals surface area contributed by atoms with Gasteiger partial charge in [-0.1, -0.05) is 36.4 Å². The van der Waals surface area contributed by atoms with E-state index in [0.29, 0.717) is 12.1 Å². The largest absolute Gasteiger partial charge is 0.480 e. The first-order valence-electron chi connectivity index (χ1n) is 5.71. The van der Waals surface area contributed by atoms with Crippen molar-refractivity contribution in [1.82, 2.24) is 5.32 Å². The van der Waals surface area contributed by atoms with E-state index in [1.807, 2.05) is 12.1 Å². The summed E-state index contributed by atoms with van der Waals surface area (Å²) in [6, 6.07) is 5.76. The van der Waals surface area contributed by atoms with Gasteiger partial charge >= 0.3 is 12.0 Å². The van der Waals surface area contributed by atoms with Crippen molar-refractivity contribution in [3.05, 3.63) is 41.4 Å². The number of anilines is 1. The molecule has 0 saturated carbocycles. The number of nitrogens with one attached hydrogen (secondary N) is 1. The van der Waals surface area contributed by atoms with E-state index in [1.54, 1.807) is 12.1 Å². The molecule has 5 nitrogen and oxygen atoms in total. The molecule has 0 fully saturated rings. The van der Waals surface area contributed by atoms with Crippen LogP contribution in [0.1, 0.15) is 5.56 Å². The van der Waals surface area contributed by atoms with Gasteiger partial charge < -0.3 is 10.4 Å². The highest BCUT2D eigenvalue weighted by Crippen LogP contribution is 2.32. The van der Waals surface area contributed by atoms with Gasteiger partial charge in [-0.2, -0.15) is 0 Å². The Balaban J connectivity index is 2.26. The van der Waals surface area contributed by atoms with Crippen molar-refractivity contribution in [3.63, 3.8) is 0 Å². The Hall–Kier alpha value is -2.01.